The molecule has 1 saturated carbocycles. The summed E-state index contributed by atoms with van der Waals surface area (Å²) in [7, 11) is 1.60. The highest BCUT2D eigenvalue weighted by Crippen LogP contribution is 2.29. The summed E-state index contributed by atoms with van der Waals surface area (Å²) in [6.07, 6.45) is 4.92. The number of hydrogen-bond acceptors (Lipinski definition) is 6. The monoisotopic (exact) mass is 416 g/mol. The molecule has 7 nitrogen and oxygen atoms in total. The highest BCUT2D eigenvalue weighted by molar-refractivity contribution is 7.03. The third kappa shape index (κ3) is 4.93. The molecule has 0 spiro atoms. The third-order valence-electron chi connectivity index (χ3n) is 5.54. The molecular formula is C21H28N4O3S. The normalized spacial score (nSPS) is 16.2. The Hall–Kier alpha value is -2.48. The molecule has 29 heavy (non-hydrogen) atoms. The fourth-order valence-corrected chi connectivity index (χ4v) is 4.16. The molecule has 0 radical (unpaired) electrons. The van der Waals surface area contributed by atoms with Gasteiger partial charge in [-0.1, -0.05) is 36.4 Å². The first kappa shape index (κ1) is 21.2. The van der Waals surface area contributed by atoms with E-state index in [1.165, 1.54) is 0 Å². The second-order valence-electron chi connectivity index (χ2n) is 7.43. The molecule has 0 unspecified atom stereocenters. The number of carbonyl (C=O) groups is 2. The van der Waals surface area contributed by atoms with Crippen LogP contribution in [-0.4, -0.2) is 45.5 Å². The molecule has 2 aromatic rings. The van der Waals surface area contributed by atoms with Crippen LogP contribution in [0.2, 0.25) is 0 Å². The van der Waals surface area contributed by atoms with Gasteiger partial charge < -0.3 is 15.0 Å². The van der Waals surface area contributed by atoms with Gasteiger partial charge in [-0.2, -0.15) is 0 Å². The van der Waals surface area contributed by atoms with Gasteiger partial charge in [0.15, 0.2) is 5.69 Å². The molecule has 0 bridgehead atoms. The minimum absolute atomic E-state index is 0.148. The fraction of sp³-hybridized carbons (Fsp3) is 0.524. The van der Waals surface area contributed by atoms with Gasteiger partial charge in [0.1, 0.15) is 11.8 Å². The number of carbonyl (C=O) groups excluding carboxylic acids is 2. The smallest absolute Gasteiger partial charge is 0.276 e. The standard InChI is InChI=1S/C21H28N4O3S/c1-4-14(2)25(21(27)18-13-29-24-23-18)19(15-9-11-17(28-3)12-10-15)20(26)22-16-7-5-6-8-16/h9-14,16,19H,4-8H2,1-3H3,(H,22,26)/t14-,19-/m0/s1. The van der Waals surface area contributed by atoms with Crippen LogP contribution in [0, 0.1) is 0 Å². The first-order chi connectivity index (χ1) is 14.0. The topological polar surface area (TPSA) is 84.4 Å². The van der Waals surface area contributed by atoms with Crippen molar-refractivity contribution in [2.24, 2.45) is 0 Å². The van der Waals surface area contributed by atoms with Gasteiger partial charge in [0.25, 0.3) is 5.91 Å². The minimum Gasteiger partial charge on any atom is -0.497 e. The van der Waals surface area contributed by atoms with Crippen molar-refractivity contribution in [2.75, 3.05) is 7.11 Å². The first-order valence-corrected chi connectivity index (χ1v) is 10.9. The molecule has 1 heterocycles. The Labute approximate surface area is 175 Å². The number of benzene rings is 1. The summed E-state index contributed by atoms with van der Waals surface area (Å²) in [5.74, 6) is 0.267. The molecule has 1 aromatic heterocycles. The van der Waals surface area contributed by atoms with Crippen LogP contribution in [0.15, 0.2) is 29.6 Å². The van der Waals surface area contributed by atoms with Crippen LogP contribution in [0.4, 0.5) is 0 Å². The van der Waals surface area contributed by atoms with Gasteiger partial charge in [-0.3, -0.25) is 9.59 Å². The molecule has 0 saturated heterocycles. The highest BCUT2D eigenvalue weighted by Gasteiger charge is 2.36. The number of nitrogens with zero attached hydrogens (tertiary/aromatic N) is 3. The van der Waals surface area contributed by atoms with E-state index < -0.39 is 6.04 Å². The van der Waals surface area contributed by atoms with Crippen molar-refractivity contribution in [3.63, 3.8) is 0 Å². The average Bonchev–Trinajstić information content (AvgIpc) is 3.45. The fourth-order valence-electron chi connectivity index (χ4n) is 3.73. The Morgan fingerprint density at radius 2 is 1.97 bits per heavy atom. The number of amides is 2. The summed E-state index contributed by atoms with van der Waals surface area (Å²) in [6.45, 7) is 3.96. The lowest BCUT2D eigenvalue weighted by Gasteiger charge is -2.36. The predicted molar refractivity (Wildman–Crippen MR) is 112 cm³/mol. The van der Waals surface area contributed by atoms with E-state index in [4.69, 9.17) is 4.74 Å². The minimum atomic E-state index is -0.745. The summed E-state index contributed by atoms with van der Waals surface area (Å²) in [5, 5.41) is 8.74. The van der Waals surface area contributed by atoms with E-state index >= 15 is 0 Å². The van der Waals surface area contributed by atoms with Crippen molar-refractivity contribution in [3.05, 3.63) is 40.9 Å². The van der Waals surface area contributed by atoms with E-state index in [0.29, 0.717) is 12.2 Å². The zero-order valence-corrected chi connectivity index (χ0v) is 17.9. The summed E-state index contributed by atoms with van der Waals surface area (Å²) in [4.78, 5) is 28.4. The third-order valence-corrected chi connectivity index (χ3v) is 6.04. The lowest BCUT2D eigenvalue weighted by atomic mass is 10.00. The second kappa shape index (κ2) is 9.82. The molecule has 156 valence electrons. The van der Waals surface area contributed by atoms with Crippen molar-refractivity contribution in [1.82, 2.24) is 19.8 Å². The number of hydrogen-bond donors (Lipinski definition) is 1. The first-order valence-electron chi connectivity index (χ1n) is 10.1. The Balaban J connectivity index is 1.98. The van der Waals surface area contributed by atoms with Crippen LogP contribution in [0.3, 0.4) is 0 Å². The zero-order chi connectivity index (χ0) is 20.8. The number of nitrogens with one attached hydrogen (secondary N) is 1. The lowest BCUT2D eigenvalue weighted by Crippen LogP contribution is -2.49. The Morgan fingerprint density at radius 1 is 1.28 bits per heavy atom. The molecule has 1 fully saturated rings. The van der Waals surface area contributed by atoms with Crippen LogP contribution in [0.5, 0.6) is 5.75 Å². The van der Waals surface area contributed by atoms with E-state index in [2.05, 4.69) is 14.9 Å². The van der Waals surface area contributed by atoms with E-state index in [0.717, 1.165) is 42.8 Å². The maximum Gasteiger partial charge on any atom is 0.276 e. The SMILES string of the molecule is CC[C@H](C)N(C(=O)c1csnn1)[C@H](C(=O)NC1CCCC1)c1ccc(OC)cc1. The van der Waals surface area contributed by atoms with Crippen LogP contribution in [-0.2, 0) is 4.79 Å². The molecule has 1 N–H and O–H groups in total. The van der Waals surface area contributed by atoms with Gasteiger partial charge in [-0.05, 0) is 55.4 Å². The Bertz CT molecular complexity index is 804. The summed E-state index contributed by atoms with van der Waals surface area (Å²) in [6, 6.07) is 6.60. The van der Waals surface area contributed by atoms with E-state index in [1.807, 2.05) is 38.1 Å². The summed E-state index contributed by atoms with van der Waals surface area (Å²) >= 11 is 1.13. The van der Waals surface area contributed by atoms with E-state index in [9.17, 15) is 9.59 Å². The number of ether oxygens (including phenoxy) is 1. The molecule has 1 aromatic carbocycles. The van der Waals surface area contributed by atoms with Crippen molar-refractivity contribution in [2.45, 2.75) is 64.1 Å². The quantitative estimate of drug-likeness (QED) is 0.711. The molecule has 1 aliphatic rings. The maximum atomic E-state index is 13.4. The van der Waals surface area contributed by atoms with Crippen molar-refractivity contribution in [1.29, 1.82) is 0 Å². The summed E-state index contributed by atoms with van der Waals surface area (Å²) < 4.78 is 9.08. The number of methoxy groups -OCH3 is 1. The van der Waals surface area contributed by atoms with Gasteiger partial charge in [-0.25, -0.2) is 0 Å². The lowest BCUT2D eigenvalue weighted by molar-refractivity contribution is -0.127. The Morgan fingerprint density at radius 3 is 2.52 bits per heavy atom. The van der Waals surface area contributed by atoms with Crippen molar-refractivity contribution >= 4 is 23.3 Å². The van der Waals surface area contributed by atoms with Crippen LogP contribution < -0.4 is 10.1 Å². The van der Waals surface area contributed by atoms with E-state index in [-0.39, 0.29) is 29.6 Å². The number of rotatable bonds is 8. The molecule has 2 atom stereocenters. The molecule has 1 aliphatic carbocycles. The predicted octanol–water partition coefficient (Wildman–Crippen LogP) is 3.59. The summed E-state index contributed by atoms with van der Waals surface area (Å²) in [5.41, 5.74) is 1.01. The second-order valence-corrected chi connectivity index (χ2v) is 8.04. The molecule has 8 heteroatoms. The largest absolute Gasteiger partial charge is 0.497 e. The highest BCUT2D eigenvalue weighted by atomic mass is 32.1. The van der Waals surface area contributed by atoms with Crippen molar-refractivity contribution < 1.29 is 14.3 Å². The van der Waals surface area contributed by atoms with Gasteiger partial charge in [0, 0.05) is 17.5 Å². The van der Waals surface area contributed by atoms with Gasteiger partial charge in [-0.15, -0.1) is 5.10 Å². The number of aromatic nitrogens is 2. The van der Waals surface area contributed by atoms with Crippen molar-refractivity contribution in [3.8, 4) is 5.75 Å². The maximum absolute atomic E-state index is 13.4. The van der Waals surface area contributed by atoms with Crippen LogP contribution >= 0.6 is 11.5 Å². The molecular weight excluding hydrogens is 388 g/mol. The molecule has 3 rings (SSSR count). The Kier molecular flexibility index (Phi) is 7.19. The van der Waals surface area contributed by atoms with Crippen LogP contribution in [0.25, 0.3) is 0 Å². The average molecular weight is 417 g/mol. The van der Waals surface area contributed by atoms with E-state index in [1.54, 1.807) is 17.4 Å². The van der Waals surface area contributed by atoms with Crippen LogP contribution in [0.1, 0.15) is 68.0 Å². The molecule has 2 amide bonds. The van der Waals surface area contributed by atoms with Gasteiger partial charge >= 0.3 is 0 Å². The van der Waals surface area contributed by atoms with Gasteiger partial charge in [0.2, 0.25) is 5.91 Å². The van der Waals surface area contributed by atoms with Gasteiger partial charge in [0.05, 0.1) is 7.11 Å². The molecule has 0 aliphatic heterocycles. The zero-order valence-electron chi connectivity index (χ0n) is 17.1.